The van der Waals surface area contributed by atoms with Crippen LogP contribution in [0.3, 0.4) is 0 Å². The van der Waals surface area contributed by atoms with Crippen LogP contribution in [-0.2, 0) is 24.0 Å². The van der Waals surface area contributed by atoms with Gasteiger partial charge in [0.05, 0.1) is 30.5 Å². The Labute approximate surface area is 200 Å². The number of amides is 4. The number of anilines is 2. The molecule has 1 aromatic carbocycles. The molecule has 3 aliphatic heterocycles. The molecule has 13 heteroatoms. The zero-order chi connectivity index (χ0) is 25.1. The molecule has 0 unspecified atom stereocenters. The van der Waals surface area contributed by atoms with E-state index in [-0.39, 0.29) is 31.7 Å². The number of hydrogen-bond donors (Lipinski definition) is 5. The second-order valence-corrected chi connectivity index (χ2v) is 8.56. The number of benzene rings is 1. The Morgan fingerprint density at radius 1 is 1.17 bits per heavy atom. The summed E-state index contributed by atoms with van der Waals surface area (Å²) >= 11 is 0. The summed E-state index contributed by atoms with van der Waals surface area (Å²) in [6.07, 6.45) is 0.405. The molecule has 3 aliphatic rings. The van der Waals surface area contributed by atoms with E-state index >= 15 is 0 Å². The van der Waals surface area contributed by atoms with Crippen LogP contribution in [0.5, 0.6) is 0 Å². The topological polar surface area (TPSA) is 177 Å². The minimum atomic E-state index is -1.27. The zero-order valence-corrected chi connectivity index (χ0v) is 18.8. The van der Waals surface area contributed by atoms with Crippen molar-refractivity contribution in [3.8, 4) is 0 Å². The molecule has 13 nitrogen and oxygen atoms in total. The standard InChI is InChI=1S/C22H26N6O7/c29-10-13(9-19(31)32)25-21(34)17-2-1-7-27-18(30)6-5-15(22(35)28(17)27)26-20(33)12-3-4-14-16(8-12)24-11-23-14/h3-4,8,10,13,15,17,23-24H,1-2,5-7,9,11H2,(H,25,34)(H,26,33)(H,31,32)/t13-,15-,17-/m0/s1. The first-order chi connectivity index (χ1) is 16.8. The van der Waals surface area contributed by atoms with Crippen LogP contribution in [0.25, 0.3) is 0 Å². The molecule has 0 aliphatic carbocycles. The third-order valence-electron chi connectivity index (χ3n) is 6.20. The van der Waals surface area contributed by atoms with Crippen molar-refractivity contribution in [2.24, 2.45) is 0 Å². The first-order valence-electron chi connectivity index (χ1n) is 11.3. The summed E-state index contributed by atoms with van der Waals surface area (Å²) in [6.45, 7) is 0.764. The molecule has 186 valence electrons. The number of carboxylic acid groups (broad SMARTS) is 1. The van der Waals surface area contributed by atoms with E-state index < -0.39 is 48.2 Å². The number of carbonyl (C=O) groups is 6. The quantitative estimate of drug-likeness (QED) is 0.311. The second-order valence-electron chi connectivity index (χ2n) is 8.56. The van der Waals surface area contributed by atoms with Crippen molar-refractivity contribution in [3.05, 3.63) is 23.8 Å². The third-order valence-corrected chi connectivity index (χ3v) is 6.20. The minimum Gasteiger partial charge on any atom is -0.481 e. The second kappa shape index (κ2) is 9.99. The molecular weight excluding hydrogens is 460 g/mol. The molecule has 2 saturated heterocycles. The number of aldehydes is 1. The fourth-order valence-electron chi connectivity index (χ4n) is 4.47. The molecule has 0 aromatic heterocycles. The summed E-state index contributed by atoms with van der Waals surface area (Å²) in [4.78, 5) is 74.2. The average molecular weight is 486 g/mol. The molecule has 2 fully saturated rings. The Hall–Kier alpha value is -4.16. The predicted molar refractivity (Wildman–Crippen MR) is 121 cm³/mol. The predicted octanol–water partition coefficient (Wildman–Crippen LogP) is -0.733. The maximum absolute atomic E-state index is 13.5. The van der Waals surface area contributed by atoms with Crippen molar-refractivity contribution in [3.63, 3.8) is 0 Å². The van der Waals surface area contributed by atoms with Crippen LogP contribution < -0.4 is 21.3 Å². The van der Waals surface area contributed by atoms with Gasteiger partial charge in [-0.1, -0.05) is 0 Å². The van der Waals surface area contributed by atoms with Gasteiger partial charge in [0.1, 0.15) is 18.4 Å². The lowest BCUT2D eigenvalue weighted by Gasteiger charge is -2.43. The van der Waals surface area contributed by atoms with Crippen molar-refractivity contribution < 1.29 is 33.9 Å². The van der Waals surface area contributed by atoms with Crippen molar-refractivity contribution in [2.45, 2.75) is 50.2 Å². The molecule has 1 aromatic rings. The Kier molecular flexibility index (Phi) is 6.85. The normalized spacial score (nSPS) is 22.1. The van der Waals surface area contributed by atoms with E-state index in [4.69, 9.17) is 5.11 Å². The number of carboxylic acids is 1. The summed E-state index contributed by atoms with van der Waals surface area (Å²) < 4.78 is 0. The van der Waals surface area contributed by atoms with Gasteiger partial charge in [-0.3, -0.25) is 29.0 Å². The minimum absolute atomic E-state index is 0.00678. The molecule has 35 heavy (non-hydrogen) atoms. The largest absolute Gasteiger partial charge is 0.481 e. The van der Waals surface area contributed by atoms with E-state index in [1.165, 1.54) is 5.01 Å². The van der Waals surface area contributed by atoms with Crippen molar-refractivity contribution >= 4 is 47.3 Å². The number of hydrazine groups is 1. The highest BCUT2D eigenvalue weighted by molar-refractivity contribution is 6.01. The van der Waals surface area contributed by atoms with Crippen LogP contribution in [0.1, 0.15) is 42.5 Å². The number of hydrogen-bond acceptors (Lipinski definition) is 8. The van der Waals surface area contributed by atoms with Gasteiger partial charge < -0.3 is 31.2 Å². The third kappa shape index (κ3) is 5.03. The molecule has 4 rings (SSSR count). The van der Waals surface area contributed by atoms with Crippen LogP contribution in [0.4, 0.5) is 11.4 Å². The Morgan fingerprint density at radius 3 is 2.69 bits per heavy atom. The van der Waals surface area contributed by atoms with Gasteiger partial charge in [0.15, 0.2) is 0 Å². The lowest BCUT2D eigenvalue weighted by molar-refractivity contribution is -0.176. The Bertz CT molecular complexity index is 1080. The van der Waals surface area contributed by atoms with Gasteiger partial charge in [-0.05, 0) is 37.5 Å². The van der Waals surface area contributed by atoms with E-state index in [1.807, 2.05) is 0 Å². The zero-order valence-electron chi connectivity index (χ0n) is 18.8. The Balaban J connectivity index is 1.52. The van der Waals surface area contributed by atoms with Crippen LogP contribution >= 0.6 is 0 Å². The lowest BCUT2D eigenvalue weighted by Crippen LogP contribution is -2.64. The number of rotatable bonds is 7. The highest BCUT2D eigenvalue weighted by atomic mass is 16.4. The van der Waals surface area contributed by atoms with Gasteiger partial charge in [-0.15, -0.1) is 0 Å². The van der Waals surface area contributed by atoms with E-state index in [9.17, 15) is 28.8 Å². The number of fused-ring (bicyclic) bond motifs is 2. The molecule has 0 bridgehead atoms. The van der Waals surface area contributed by atoms with Crippen molar-refractivity contribution in [2.75, 3.05) is 23.8 Å². The van der Waals surface area contributed by atoms with Gasteiger partial charge in [-0.25, -0.2) is 5.01 Å². The van der Waals surface area contributed by atoms with Gasteiger partial charge in [0, 0.05) is 18.5 Å². The average Bonchev–Trinajstić information content (AvgIpc) is 3.28. The summed E-state index contributed by atoms with van der Waals surface area (Å²) in [5.41, 5.74) is 1.94. The number of carbonyl (C=O) groups excluding carboxylic acids is 5. The van der Waals surface area contributed by atoms with Crippen molar-refractivity contribution in [1.82, 2.24) is 20.7 Å². The van der Waals surface area contributed by atoms with Gasteiger partial charge in [0.2, 0.25) is 11.8 Å². The molecule has 3 atom stereocenters. The smallest absolute Gasteiger partial charge is 0.305 e. The van der Waals surface area contributed by atoms with Crippen LogP contribution in [0.15, 0.2) is 18.2 Å². The fourth-order valence-corrected chi connectivity index (χ4v) is 4.47. The van der Waals surface area contributed by atoms with Crippen molar-refractivity contribution in [1.29, 1.82) is 0 Å². The highest BCUT2D eigenvalue weighted by Gasteiger charge is 2.45. The number of nitrogens with one attached hydrogen (secondary N) is 4. The first-order valence-corrected chi connectivity index (χ1v) is 11.3. The van der Waals surface area contributed by atoms with E-state index in [1.54, 1.807) is 18.2 Å². The first kappa shape index (κ1) is 24.0. The molecule has 4 amide bonds. The van der Waals surface area contributed by atoms with Gasteiger partial charge in [-0.2, -0.15) is 0 Å². The maximum atomic E-state index is 13.5. The molecule has 0 spiro atoms. The van der Waals surface area contributed by atoms with E-state index in [2.05, 4.69) is 21.3 Å². The van der Waals surface area contributed by atoms with E-state index in [0.29, 0.717) is 24.9 Å². The summed E-state index contributed by atoms with van der Waals surface area (Å²) in [7, 11) is 0. The number of aliphatic carboxylic acids is 1. The van der Waals surface area contributed by atoms with Gasteiger partial charge in [0.25, 0.3) is 11.8 Å². The monoisotopic (exact) mass is 486 g/mol. The van der Waals surface area contributed by atoms with E-state index in [0.717, 1.165) is 16.4 Å². The van der Waals surface area contributed by atoms with Gasteiger partial charge >= 0.3 is 5.97 Å². The molecule has 3 heterocycles. The molecular formula is C22H26N6O7. The summed E-state index contributed by atoms with van der Waals surface area (Å²) in [6, 6.07) is 1.57. The summed E-state index contributed by atoms with van der Waals surface area (Å²) in [5.74, 6) is -3.49. The van der Waals surface area contributed by atoms with Crippen LogP contribution in [0, 0.1) is 0 Å². The maximum Gasteiger partial charge on any atom is 0.305 e. The SMILES string of the molecule is O=C[C@H](CC(=O)O)NC(=O)[C@@H]1CCCN2C(=O)CC[C@H](NC(=O)c3ccc4c(c3)NCN4)C(=O)N12. The Morgan fingerprint density at radius 2 is 1.94 bits per heavy atom. The molecule has 5 N–H and O–H groups in total. The highest BCUT2D eigenvalue weighted by Crippen LogP contribution is 2.28. The summed E-state index contributed by atoms with van der Waals surface area (Å²) in [5, 5.41) is 22.4. The number of nitrogens with zero attached hydrogens (tertiary/aromatic N) is 2. The fraction of sp³-hybridized carbons (Fsp3) is 0.455. The van der Waals surface area contributed by atoms with Crippen LogP contribution in [-0.4, -0.2) is 82.3 Å². The lowest BCUT2D eigenvalue weighted by atomic mass is 10.0. The molecule has 0 saturated carbocycles. The molecule has 0 radical (unpaired) electrons. The van der Waals surface area contributed by atoms with Crippen LogP contribution in [0.2, 0.25) is 0 Å².